The van der Waals surface area contributed by atoms with E-state index in [-0.39, 0.29) is 17.6 Å². The third-order valence-electron chi connectivity index (χ3n) is 2.57. The van der Waals surface area contributed by atoms with E-state index < -0.39 is 0 Å². The van der Waals surface area contributed by atoms with Crippen molar-refractivity contribution >= 4 is 17.6 Å². The summed E-state index contributed by atoms with van der Waals surface area (Å²) in [4.78, 5) is 34.4. The van der Waals surface area contributed by atoms with Crippen LogP contribution in [0.5, 0.6) is 0 Å². The van der Waals surface area contributed by atoms with Crippen LogP contribution in [0.15, 0.2) is 0 Å². The SMILES string of the molecule is CC(=O)CCCCCN1C(=O)CCC1=O. The Balaban J connectivity index is 2.12. The molecule has 15 heavy (non-hydrogen) atoms. The van der Waals surface area contributed by atoms with Crippen LogP contribution in [0.25, 0.3) is 0 Å². The van der Waals surface area contributed by atoms with Crippen LogP contribution in [0.2, 0.25) is 0 Å². The normalized spacial score (nSPS) is 16.2. The Bertz CT molecular complexity index is 257. The van der Waals surface area contributed by atoms with Crippen molar-refractivity contribution in [1.82, 2.24) is 4.90 Å². The van der Waals surface area contributed by atoms with Gasteiger partial charge >= 0.3 is 0 Å². The van der Waals surface area contributed by atoms with Gasteiger partial charge in [0.1, 0.15) is 5.78 Å². The molecule has 0 aliphatic carbocycles. The molecule has 1 aliphatic heterocycles. The predicted octanol–water partition coefficient (Wildman–Crippen LogP) is 1.28. The van der Waals surface area contributed by atoms with Crippen molar-refractivity contribution in [2.45, 2.75) is 45.4 Å². The number of rotatable bonds is 6. The monoisotopic (exact) mass is 211 g/mol. The number of Topliss-reactive ketones (excluding diaryl/α,β-unsaturated/α-hetero) is 1. The molecule has 4 nitrogen and oxygen atoms in total. The fourth-order valence-corrected chi connectivity index (χ4v) is 1.69. The number of ketones is 1. The molecular weight excluding hydrogens is 194 g/mol. The Morgan fingerprint density at radius 1 is 1.13 bits per heavy atom. The van der Waals surface area contributed by atoms with Crippen molar-refractivity contribution in [3.05, 3.63) is 0 Å². The van der Waals surface area contributed by atoms with Crippen molar-refractivity contribution in [1.29, 1.82) is 0 Å². The van der Waals surface area contributed by atoms with Crippen molar-refractivity contribution in [2.75, 3.05) is 6.54 Å². The van der Waals surface area contributed by atoms with Gasteiger partial charge in [0.2, 0.25) is 11.8 Å². The Labute approximate surface area is 89.6 Å². The maximum absolute atomic E-state index is 11.2. The van der Waals surface area contributed by atoms with Gasteiger partial charge in [-0.3, -0.25) is 14.5 Å². The number of hydrogen-bond acceptors (Lipinski definition) is 3. The number of carbonyl (C=O) groups excluding carboxylic acids is 3. The van der Waals surface area contributed by atoms with Gasteiger partial charge in [0.15, 0.2) is 0 Å². The highest BCUT2D eigenvalue weighted by atomic mass is 16.2. The van der Waals surface area contributed by atoms with Crippen molar-refractivity contribution < 1.29 is 14.4 Å². The van der Waals surface area contributed by atoms with Crippen LogP contribution in [0.3, 0.4) is 0 Å². The minimum absolute atomic E-state index is 0.0495. The van der Waals surface area contributed by atoms with Crippen molar-refractivity contribution in [3.8, 4) is 0 Å². The lowest BCUT2D eigenvalue weighted by atomic mass is 10.1. The molecule has 84 valence electrons. The van der Waals surface area contributed by atoms with E-state index in [4.69, 9.17) is 0 Å². The molecule has 1 aliphatic rings. The van der Waals surface area contributed by atoms with Crippen LogP contribution in [0.4, 0.5) is 0 Å². The van der Waals surface area contributed by atoms with Gasteiger partial charge in [0, 0.05) is 25.8 Å². The van der Waals surface area contributed by atoms with E-state index in [1.54, 1.807) is 6.92 Å². The van der Waals surface area contributed by atoms with Crippen molar-refractivity contribution in [2.24, 2.45) is 0 Å². The molecule has 0 spiro atoms. The van der Waals surface area contributed by atoms with E-state index in [0.717, 1.165) is 19.3 Å². The maximum atomic E-state index is 11.2. The van der Waals surface area contributed by atoms with Crippen LogP contribution in [-0.4, -0.2) is 29.0 Å². The highest BCUT2D eigenvalue weighted by molar-refractivity contribution is 6.01. The molecule has 4 heteroatoms. The standard InChI is InChI=1S/C11H17NO3/c1-9(13)5-3-2-4-8-12-10(14)6-7-11(12)15/h2-8H2,1H3. The summed E-state index contributed by atoms with van der Waals surface area (Å²) in [5.41, 5.74) is 0. The topological polar surface area (TPSA) is 54.5 Å². The largest absolute Gasteiger partial charge is 0.300 e. The van der Waals surface area contributed by atoms with Gasteiger partial charge < -0.3 is 4.79 Å². The number of carbonyl (C=O) groups is 3. The smallest absolute Gasteiger partial charge is 0.229 e. The number of nitrogens with zero attached hydrogens (tertiary/aromatic N) is 1. The quantitative estimate of drug-likeness (QED) is 0.491. The van der Waals surface area contributed by atoms with E-state index in [2.05, 4.69) is 0 Å². The molecule has 1 heterocycles. The first-order valence-electron chi connectivity index (χ1n) is 5.44. The summed E-state index contributed by atoms with van der Waals surface area (Å²) < 4.78 is 0. The number of amides is 2. The first-order chi connectivity index (χ1) is 7.11. The summed E-state index contributed by atoms with van der Waals surface area (Å²) in [6, 6.07) is 0. The van der Waals surface area contributed by atoms with E-state index in [9.17, 15) is 14.4 Å². The van der Waals surface area contributed by atoms with E-state index in [1.165, 1.54) is 4.90 Å². The summed E-state index contributed by atoms with van der Waals surface area (Å²) in [6.07, 6.45) is 3.90. The average Bonchev–Trinajstić information content (AvgIpc) is 2.47. The highest BCUT2D eigenvalue weighted by Gasteiger charge is 2.27. The summed E-state index contributed by atoms with van der Waals surface area (Å²) in [5.74, 6) is 0.0986. The molecule has 0 N–H and O–H groups in total. The summed E-state index contributed by atoms with van der Waals surface area (Å²) in [5, 5.41) is 0. The Morgan fingerprint density at radius 2 is 1.73 bits per heavy atom. The van der Waals surface area contributed by atoms with Gasteiger partial charge in [-0.1, -0.05) is 6.42 Å². The second-order valence-corrected chi connectivity index (χ2v) is 3.95. The molecule has 0 aromatic rings. The molecular formula is C11H17NO3. The number of likely N-dealkylation sites (tertiary alicyclic amines) is 1. The van der Waals surface area contributed by atoms with Gasteiger partial charge in [-0.05, 0) is 19.8 Å². The van der Waals surface area contributed by atoms with E-state index in [0.29, 0.717) is 25.8 Å². The first-order valence-corrected chi connectivity index (χ1v) is 5.44. The summed E-state index contributed by atoms with van der Waals surface area (Å²) in [7, 11) is 0. The Kier molecular flexibility index (Phi) is 4.46. The van der Waals surface area contributed by atoms with Crippen LogP contribution < -0.4 is 0 Å². The second kappa shape index (κ2) is 5.63. The second-order valence-electron chi connectivity index (χ2n) is 3.95. The highest BCUT2D eigenvalue weighted by Crippen LogP contribution is 2.13. The molecule has 0 bridgehead atoms. The molecule has 0 aromatic carbocycles. The zero-order valence-corrected chi connectivity index (χ0v) is 9.12. The van der Waals surface area contributed by atoms with Gasteiger partial charge in [-0.2, -0.15) is 0 Å². The van der Waals surface area contributed by atoms with Crippen LogP contribution in [0, 0.1) is 0 Å². The molecule has 1 fully saturated rings. The Morgan fingerprint density at radius 3 is 2.27 bits per heavy atom. The lowest BCUT2D eigenvalue weighted by molar-refractivity contribution is -0.138. The molecule has 1 saturated heterocycles. The zero-order chi connectivity index (χ0) is 11.3. The van der Waals surface area contributed by atoms with Crippen molar-refractivity contribution in [3.63, 3.8) is 0 Å². The lowest BCUT2D eigenvalue weighted by Gasteiger charge is -2.12. The number of hydrogen-bond donors (Lipinski definition) is 0. The minimum Gasteiger partial charge on any atom is -0.300 e. The molecule has 0 saturated carbocycles. The van der Waals surface area contributed by atoms with Gasteiger partial charge in [0.05, 0.1) is 0 Å². The maximum Gasteiger partial charge on any atom is 0.229 e. The van der Waals surface area contributed by atoms with E-state index >= 15 is 0 Å². The zero-order valence-electron chi connectivity index (χ0n) is 9.12. The summed E-state index contributed by atoms with van der Waals surface area (Å²) in [6.45, 7) is 2.10. The Hall–Kier alpha value is -1.19. The third-order valence-corrected chi connectivity index (χ3v) is 2.57. The fourth-order valence-electron chi connectivity index (χ4n) is 1.69. The lowest BCUT2D eigenvalue weighted by Crippen LogP contribution is -2.29. The van der Waals surface area contributed by atoms with Gasteiger partial charge in [-0.15, -0.1) is 0 Å². The average molecular weight is 211 g/mol. The molecule has 0 atom stereocenters. The molecule has 0 unspecified atom stereocenters. The van der Waals surface area contributed by atoms with Gasteiger partial charge in [-0.25, -0.2) is 0 Å². The molecule has 2 amide bonds. The minimum atomic E-state index is -0.0495. The fraction of sp³-hybridized carbons (Fsp3) is 0.727. The van der Waals surface area contributed by atoms with Crippen LogP contribution in [-0.2, 0) is 14.4 Å². The van der Waals surface area contributed by atoms with Crippen LogP contribution in [0.1, 0.15) is 45.4 Å². The van der Waals surface area contributed by atoms with Gasteiger partial charge in [0.25, 0.3) is 0 Å². The molecule has 0 aromatic heterocycles. The first kappa shape index (κ1) is 11.9. The number of unbranched alkanes of at least 4 members (excludes halogenated alkanes) is 2. The van der Waals surface area contributed by atoms with E-state index in [1.807, 2.05) is 0 Å². The molecule has 1 rings (SSSR count). The number of imide groups is 1. The third kappa shape index (κ3) is 3.81. The summed E-state index contributed by atoms with van der Waals surface area (Å²) >= 11 is 0. The predicted molar refractivity (Wildman–Crippen MR) is 55.1 cm³/mol. The van der Waals surface area contributed by atoms with Crippen LogP contribution >= 0.6 is 0 Å². The molecule has 0 radical (unpaired) electrons.